The number of allylic oxidation sites excluding steroid dienone is 1. The van der Waals surface area contributed by atoms with Crippen LogP contribution in [0.25, 0.3) is 10.9 Å². The standard InChI is InChI=1S/C18H26N2/c1-3-5-6-7-8-12-20-13-11-17-10-9-16(14-18(17)20)15-19-4-2/h3,9-11,13-14,19H,1,4-8,12,15H2,2H3. The monoisotopic (exact) mass is 270 g/mol. The van der Waals surface area contributed by atoms with Crippen molar-refractivity contribution in [1.82, 2.24) is 9.88 Å². The first-order valence-corrected chi connectivity index (χ1v) is 7.74. The van der Waals surface area contributed by atoms with Crippen LogP contribution in [0, 0.1) is 0 Å². The van der Waals surface area contributed by atoms with Crippen LogP contribution in [0.15, 0.2) is 43.1 Å². The van der Waals surface area contributed by atoms with Crippen LogP contribution in [0.3, 0.4) is 0 Å². The van der Waals surface area contributed by atoms with E-state index in [4.69, 9.17) is 0 Å². The maximum Gasteiger partial charge on any atom is 0.0483 e. The SMILES string of the molecule is C=CCCCCCn1ccc2ccc(CNCC)cc21. The number of nitrogens with one attached hydrogen (secondary N) is 1. The molecule has 2 rings (SSSR count). The third-order valence-corrected chi connectivity index (χ3v) is 3.72. The second-order valence-corrected chi connectivity index (χ2v) is 5.32. The van der Waals surface area contributed by atoms with Crippen molar-refractivity contribution in [3.8, 4) is 0 Å². The Labute approximate surface area is 122 Å². The Balaban J connectivity index is 1.99. The minimum absolute atomic E-state index is 0.955. The molecule has 0 unspecified atom stereocenters. The highest BCUT2D eigenvalue weighted by Crippen LogP contribution is 2.18. The molecule has 0 saturated carbocycles. The Morgan fingerprint density at radius 3 is 2.90 bits per heavy atom. The zero-order valence-electron chi connectivity index (χ0n) is 12.6. The normalized spacial score (nSPS) is 11.1. The smallest absolute Gasteiger partial charge is 0.0483 e. The van der Waals surface area contributed by atoms with E-state index < -0.39 is 0 Å². The number of aromatic nitrogens is 1. The summed E-state index contributed by atoms with van der Waals surface area (Å²) in [7, 11) is 0. The highest BCUT2D eigenvalue weighted by Gasteiger charge is 2.02. The van der Waals surface area contributed by atoms with E-state index in [0.717, 1.165) is 26.1 Å². The van der Waals surface area contributed by atoms with Gasteiger partial charge in [0.25, 0.3) is 0 Å². The molecule has 108 valence electrons. The number of hydrogen-bond donors (Lipinski definition) is 1. The van der Waals surface area contributed by atoms with Crippen molar-refractivity contribution in [1.29, 1.82) is 0 Å². The van der Waals surface area contributed by atoms with Gasteiger partial charge in [-0.3, -0.25) is 0 Å². The summed E-state index contributed by atoms with van der Waals surface area (Å²) in [6.45, 7) is 9.00. The van der Waals surface area contributed by atoms with Gasteiger partial charge in [0.15, 0.2) is 0 Å². The van der Waals surface area contributed by atoms with E-state index in [1.807, 2.05) is 6.08 Å². The predicted octanol–water partition coefficient (Wildman–Crippen LogP) is 4.50. The average Bonchev–Trinajstić information content (AvgIpc) is 2.87. The number of benzene rings is 1. The summed E-state index contributed by atoms with van der Waals surface area (Å²) in [5.74, 6) is 0. The van der Waals surface area contributed by atoms with Gasteiger partial charge >= 0.3 is 0 Å². The van der Waals surface area contributed by atoms with Gasteiger partial charge in [0.05, 0.1) is 0 Å². The number of aryl methyl sites for hydroxylation is 1. The Morgan fingerprint density at radius 2 is 2.10 bits per heavy atom. The molecule has 0 saturated heterocycles. The number of fused-ring (bicyclic) bond motifs is 1. The molecule has 2 aromatic rings. The summed E-state index contributed by atoms with van der Waals surface area (Å²) < 4.78 is 2.39. The maximum atomic E-state index is 3.77. The van der Waals surface area contributed by atoms with E-state index in [1.165, 1.54) is 35.7 Å². The second-order valence-electron chi connectivity index (χ2n) is 5.32. The molecule has 1 aromatic heterocycles. The van der Waals surface area contributed by atoms with E-state index in [2.05, 4.69) is 53.8 Å². The van der Waals surface area contributed by atoms with Gasteiger partial charge in [0.1, 0.15) is 0 Å². The minimum Gasteiger partial charge on any atom is -0.347 e. The van der Waals surface area contributed by atoms with Gasteiger partial charge in [-0.15, -0.1) is 6.58 Å². The fraction of sp³-hybridized carbons (Fsp3) is 0.444. The van der Waals surface area contributed by atoms with Gasteiger partial charge in [-0.05, 0) is 48.9 Å². The van der Waals surface area contributed by atoms with E-state index in [0.29, 0.717) is 0 Å². The summed E-state index contributed by atoms with van der Waals surface area (Å²) in [5.41, 5.74) is 2.73. The molecule has 0 spiro atoms. The molecule has 1 N–H and O–H groups in total. The lowest BCUT2D eigenvalue weighted by Crippen LogP contribution is -2.11. The summed E-state index contributed by atoms with van der Waals surface area (Å²) in [5, 5.41) is 4.73. The number of unbranched alkanes of at least 4 members (excludes halogenated alkanes) is 3. The molecule has 0 radical (unpaired) electrons. The Kier molecular flexibility index (Phi) is 5.87. The Bertz CT molecular complexity index is 539. The van der Waals surface area contributed by atoms with Crippen molar-refractivity contribution < 1.29 is 0 Å². The fourth-order valence-corrected chi connectivity index (χ4v) is 2.55. The van der Waals surface area contributed by atoms with Crippen LogP contribution in [-0.4, -0.2) is 11.1 Å². The predicted molar refractivity (Wildman–Crippen MR) is 88.0 cm³/mol. The third-order valence-electron chi connectivity index (χ3n) is 3.72. The molecule has 20 heavy (non-hydrogen) atoms. The van der Waals surface area contributed by atoms with E-state index >= 15 is 0 Å². The number of rotatable bonds is 9. The van der Waals surface area contributed by atoms with Crippen molar-refractivity contribution in [3.63, 3.8) is 0 Å². The highest BCUT2D eigenvalue weighted by molar-refractivity contribution is 5.80. The first-order chi connectivity index (χ1) is 9.85. The van der Waals surface area contributed by atoms with Gasteiger partial charge in [-0.2, -0.15) is 0 Å². The molecular weight excluding hydrogens is 244 g/mol. The van der Waals surface area contributed by atoms with Crippen LogP contribution in [0.4, 0.5) is 0 Å². The van der Waals surface area contributed by atoms with Gasteiger partial charge in [0, 0.05) is 24.8 Å². The highest BCUT2D eigenvalue weighted by atomic mass is 14.9. The molecular formula is C18H26N2. The van der Waals surface area contributed by atoms with Crippen molar-refractivity contribution in [2.24, 2.45) is 0 Å². The molecule has 2 nitrogen and oxygen atoms in total. The van der Waals surface area contributed by atoms with Crippen LogP contribution in [0.5, 0.6) is 0 Å². The maximum absolute atomic E-state index is 3.77. The molecule has 0 aliphatic heterocycles. The summed E-state index contributed by atoms with van der Waals surface area (Å²) in [6, 6.07) is 8.99. The quantitative estimate of drug-likeness (QED) is 0.524. The molecule has 0 amide bonds. The van der Waals surface area contributed by atoms with Crippen LogP contribution >= 0.6 is 0 Å². The van der Waals surface area contributed by atoms with Crippen molar-refractivity contribution in [2.45, 2.75) is 45.7 Å². The lowest BCUT2D eigenvalue weighted by molar-refractivity contribution is 0.603. The number of hydrogen-bond acceptors (Lipinski definition) is 1. The minimum atomic E-state index is 0.955. The molecule has 1 aromatic carbocycles. The Hall–Kier alpha value is -1.54. The van der Waals surface area contributed by atoms with E-state index in [1.54, 1.807) is 0 Å². The first-order valence-electron chi connectivity index (χ1n) is 7.74. The summed E-state index contributed by atoms with van der Waals surface area (Å²) in [4.78, 5) is 0. The van der Waals surface area contributed by atoms with E-state index in [-0.39, 0.29) is 0 Å². The van der Waals surface area contributed by atoms with Crippen molar-refractivity contribution >= 4 is 10.9 Å². The first kappa shape index (κ1) is 14.9. The molecule has 0 aliphatic carbocycles. The summed E-state index contributed by atoms with van der Waals surface area (Å²) >= 11 is 0. The van der Waals surface area contributed by atoms with Gasteiger partial charge in [0.2, 0.25) is 0 Å². The largest absolute Gasteiger partial charge is 0.347 e. The van der Waals surface area contributed by atoms with Crippen molar-refractivity contribution in [3.05, 3.63) is 48.7 Å². The van der Waals surface area contributed by atoms with Crippen molar-refractivity contribution in [2.75, 3.05) is 6.54 Å². The molecule has 2 heteroatoms. The van der Waals surface area contributed by atoms with Crippen LogP contribution in [0.1, 0.15) is 38.2 Å². The molecule has 0 aliphatic rings. The third kappa shape index (κ3) is 3.97. The zero-order chi connectivity index (χ0) is 14.2. The lowest BCUT2D eigenvalue weighted by atomic mass is 10.1. The molecule has 1 heterocycles. The Morgan fingerprint density at radius 1 is 1.20 bits per heavy atom. The zero-order valence-corrected chi connectivity index (χ0v) is 12.6. The van der Waals surface area contributed by atoms with Crippen LogP contribution in [-0.2, 0) is 13.1 Å². The van der Waals surface area contributed by atoms with Gasteiger partial charge in [-0.25, -0.2) is 0 Å². The van der Waals surface area contributed by atoms with Crippen LogP contribution < -0.4 is 5.32 Å². The second kappa shape index (κ2) is 7.91. The molecule has 0 bridgehead atoms. The topological polar surface area (TPSA) is 17.0 Å². The average molecular weight is 270 g/mol. The molecule has 0 fully saturated rings. The number of nitrogens with zero attached hydrogens (tertiary/aromatic N) is 1. The van der Waals surface area contributed by atoms with Crippen LogP contribution in [0.2, 0.25) is 0 Å². The lowest BCUT2D eigenvalue weighted by Gasteiger charge is -2.07. The van der Waals surface area contributed by atoms with Gasteiger partial charge < -0.3 is 9.88 Å². The summed E-state index contributed by atoms with van der Waals surface area (Å²) in [6.07, 6.45) is 9.15. The van der Waals surface area contributed by atoms with E-state index in [9.17, 15) is 0 Å². The van der Waals surface area contributed by atoms with Gasteiger partial charge in [-0.1, -0.05) is 31.6 Å². The molecule has 0 atom stereocenters. The fourth-order valence-electron chi connectivity index (χ4n) is 2.55.